The fraction of sp³-hybridized carbons (Fsp3) is 0.909. The zero-order chi connectivity index (χ0) is 11.1. The first-order valence-corrected chi connectivity index (χ1v) is 5.87. The van der Waals surface area contributed by atoms with Gasteiger partial charge in [0.25, 0.3) is 0 Å². The average molecular weight is 214 g/mol. The van der Waals surface area contributed by atoms with Gasteiger partial charge in [-0.15, -0.1) is 0 Å². The Kier molecular flexibility index (Phi) is 5.65. The zero-order valence-corrected chi connectivity index (χ0v) is 9.58. The Labute approximate surface area is 91.8 Å². The van der Waals surface area contributed by atoms with Crippen molar-refractivity contribution in [1.29, 1.82) is 0 Å². The third-order valence-corrected chi connectivity index (χ3v) is 2.74. The van der Waals surface area contributed by atoms with E-state index in [2.05, 4.69) is 6.92 Å². The van der Waals surface area contributed by atoms with Gasteiger partial charge in [-0.2, -0.15) is 0 Å². The number of nitrogens with two attached hydrogens (primary N) is 1. The molecule has 0 aromatic rings. The summed E-state index contributed by atoms with van der Waals surface area (Å²) in [6, 6.07) is 0. The number of nitrogens with zero attached hydrogens (tertiary/aromatic N) is 1. The molecule has 2 N–H and O–H groups in total. The van der Waals surface area contributed by atoms with Crippen molar-refractivity contribution in [2.75, 3.05) is 26.2 Å². The summed E-state index contributed by atoms with van der Waals surface area (Å²) >= 11 is 0. The van der Waals surface area contributed by atoms with Crippen LogP contribution in [0.1, 0.15) is 32.6 Å². The van der Waals surface area contributed by atoms with Gasteiger partial charge >= 0.3 is 0 Å². The first-order chi connectivity index (χ1) is 7.27. The number of morpholine rings is 1. The second-order valence-electron chi connectivity index (χ2n) is 4.06. The predicted octanol–water partition coefficient (Wildman–Crippen LogP) is 0.753. The molecule has 15 heavy (non-hydrogen) atoms. The monoisotopic (exact) mass is 214 g/mol. The smallest absolute Gasteiger partial charge is 0.248 e. The van der Waals surface area contributed by atoms with Crippen LogP contribution in [0.4, 0.5) is 0 Å². The van der Waals surface area contributed by atoms with Crippen LogP contribution in [0.5, 0.6) is 0 Å². The minimum absolute atomic E-state index is 0.124. The lowest BCUT2D eigenvalue weighted by Gasteiger charge is -2.32. The van der Waals surface area contributed by atoms with Crippen molar-refractivity contribution in [3.63, 3.8) is 0 Å². The largest absolute Gasteiger partial charge is 0.367 e. The molecule has 1 atom stereocenters. The Morgan fingerprint density at radius 2 is 2.33 bits per heavy atom. The molecule has 1 amide bonds. The lowest BCUT2D eigenvalue weighted by molar-refractivity contribution is -0.149. The number of amides is 1. The van der Waals surface area contributed by atoms with Gasteiger partial charge in [-0.3, -0.25) is 4.79 Å². The standard InChI is InChI=1S/C11H22N2O2/c1-2-3-4-7-13-8-10(5-6-12)15-9-11(13)14/h10H,2-9,12H2,1H3. The predicted molar refractivity (Wildman–Crippen MR) is 59.5 cm³/mol. The van der Waals surface area contributed by atoms with E-state index >= 15 is 0 Å². The first kappa shape index (κ1) is 12.5. The van der Waals surface area contributed by atoms with E-state index in [4.69, 9.17) is 10.5 Å². The van der Waals surface area contributed by atoms with E-state index in [9.17, 15) is 4.79 Å². The molecule has 0 aromatic carbocycles. The van der Waals surface area contributed by atoms with E-state index in [1.165, 1.54) is 12.8 Å². The quantitative estimate of drug-likeness (QED) is 0.664. The second kappa shape index (κ2) is 6.80. The summed E-state index contributed by atoms with van der Waals surface area (Å²) in [5, 5.41) is 0. The molecule has 1 rings (SSSR count). The molecule has 0 aliphatic carbocycles. The van der Waals surface area contributed by atoms with E-state index < -0.39 is 0 Å². The van der Waals surface area contributed by atoms with E-state index in [1.807, 2.05) is 4.90 Å². The summed E-state index contributed by atoms with van der Waals surface area (Å²) in [5.74, 6) is 0.124. The number of carbonyl (C=O) groups is 1. The third-order valence-electron chi connectivity index (χ3n) is 2.74. The van der Waals surface area contributed by atoms with Crippen molar-refractivity contribution >= 4 is 5.91 Å². The maximum absolute atomic E-state index is 11.5. The van der Waals surface area contributed by atoms with Gasteiger partial charge in [0.1, 0.15) is 6.61 Å². The Morgan fingerprint density at radius 3 is 3.00 bits per heavy atom. The van der Waals surface area contributed by atoms with Gasteiger partial charge in [-0.1, -0.05) is 19.8 Å². The van der Waals surface area contributed by atoms with Gasteiger partial charge in [-0.25, -0.2) is 0 Å². The Morgan fingerprint density at radius 1 is 1.53 bits per heavy atom. The van der Waals surface area contributed by atoms with Gasteiger partial charge in [0.2, 0.25) is 5.91 Å². The van der Waals surface area contributed by atoms with Gasteiger partial charge in [-0.05, 0) is 19.4 Å². The van der Waals surface area contributed by atoms with Crippen molar-refractivity contribution in [3.8, 4) is 0 Å². The molecule has 1 aliphatic heterocycles. The molecular formula is C11H22N2O2. The fourth-order valence-electron chi connectivity index (χ4n) is 1.81. The lowest BCUT2D eigenvalue weighted by atomic mass is 10.2. The minimum atomic E-state index is 0.124. The van der Waals surface area contributed by atoms with Gasteiger partial charge in [0, 0.05) is 13.1 Å². The topological polar surface area (TPSA) is 55.6 Å². The van der Waals surface area contributed by atoms with Crippen molar-refractivity contribution < 1.29 is 9.53 Å². The molecule has 1 aliphatic rings. The van der Waals surface area contributed by atoms with Crippen LogP contribution in [0.2, 0.25) is 0 Å². The van der Waals surface area contributed by atoms with Crippen LogP contribution >= 0.6 is 0 Å². The highest BCUT2D eigenvalue weighted by Crippen LogP contribution is 2.10. The SMILES string of the molecule is CCCCCN1CC(CCN)OCC1=O. The first-order valence-electron chi connectivity index (χ1n) is 5.87. The van der Waals surface area contributed by atoms with Crippen LogP contribution in [0.25, 0.3) is 0 Å². The average Bonchev–Trinajstić information content (AvgIpc) is 2.23. The summed E-state index contributed by atoms with van der Waals surface area (Å²) in [6.45, 7) is 4.62. The number of rotatable bonds is 6. The van der Waals surface area contributed by atoms with Crippen molar-refractivity contribution in [3.05, 3.63) is 0 Å². The normalized spacial score (nSPS) is 22.1. The maximum atomic E-state index is 11.5. The summed E-state index contributed by atoms with van der Waals surface area (Å²) in [4.78, 5) is 13.4. The van der Waals surface area contributed by atoms with Crippen LogP contribution in [0, 0.1) is 0 Å². The molecule has 88 valence electrons. The van der Waals surface area contributed by atoms with Crippen LogP contribution in [0.3, 0.4) is 0 Å². The van der Waals surface area contributed by atoms with E-state index in [1.54, 1.807) is 0 Å². The molecular weight excluding hydrogens is 192 g/mol. The van der Waals surface area contributed by atoms with Crippen molar-refractivity contribution in [1.82, 2.24) is 4.90 Å². The summed E-state index contributed by atoms with van der Waals surface area (Å²) in [5.41, 5.74) is 5.48. The molecule has 4 heteroatoms. The summed E-state index contributed by atoms with van der Waals surface area (Å²) in [7, 11) is 0. The highest BCUT2D eigenvalue weighted by molar-refractivity contribution is 5.78. The van der Waals surface area contributed by atoms with Gasteiger partial charge in [0.15, 0.2) is 0 Å². The number of hydrogen-bond donors (Lipinski definition) is 1. The van der Waals surface area contributed by atoms with Crippen molar-refractivity contribution in [2.45, 2.75) is 38.7 Å². The number of unbranched alkanes of at least 4 members (excludes halogenated alkanes) is 2. The van der Waals surface area contributed by atoms with Gasteiger partial charge in [0.05, 0.1) is 6.10 Å². The number of hydrogen-bond acceptors (Lipinski definition) is 3. The highest BCUT2D eigenvalue weighted by Gasteiger charge is 2.24. The third kappa shape index (κ3) is 4.18. The van der Waals surface area contributed by atoms with E-state index in [0.717, 1.165) is 25.9 Å². The van der Waals surface area contributed by atoms with Crippen LogP contribution < -0.4 is 5.73 Å². The van der Waals surface area contributed by atoms with Crippen LogP contribution in [-0.2, 0) is 9.53 Å². The lowest BCUT2D eigenvalue weighted by Crippen LogP contribution is -2.47. The summed E-state index contributed by atoms with van der Waals surface area (Å²) in [6.07, 6.45) is 4.46. The Balaban J connectivity index is 2.29. The number of carbonyl (C=O) groups excluding carboxylic acids is 1. The fourth-order valence-corrected chi connectivity index (χ4v) is 1.81. The molecule has 1 unspecified atom stereocenters. The van der Waals surface area contributed by atoms with Gasteiger partial charge < -0.3 is 15.4 Å². The Bertz CT molecular complexity index is 197. The molecule has 0 saturated carbocycles. The van der Waals surface area contributed by atoms with E-state index in [0.29, 0.717) is 6.54 Å². The number of ether oxygens (including phenoxy) is 1. The second-order valence-corrected chi connectivity index (χ2v) is 4.06. The van der Waals surface area contributed by atoms with E-state index in [-0.39, 0.29) is 18.6 Å². The zero-order valence-electron chi connectivity index (χ0n) is 9.58. The highest BCUT2D eigenvalue weighted by atomic mass is 16.5. The molecule has 0 spiro atoms. The molecule has 0 radical (unpaired) electrons. The molecule has 4 nitrogen and oxygen atoms in total. The molecule has 1 heterocycles. The summed E-state index contributed by atoms with van der Waals surface area (Å²) < 4.78 is 5.40. The minimum Gasteiger partial charge on any atom is -0.367 e. The van der Waals surface area contributed by atoms with Crippen LogP contribution in [-0.4, -0.2) is 43.2 Å². The van der Waals surface area contributed by atoms with Crippen LogP contribution in [0.15, 0.2) is 0 Å². The molecule has 1 saturated heterocycles. The maximum Gasteiger partial charge on any atom is 0.248 e. The molecule has 1 fully saturated rings. The molecule has 0 aromatic heterocycles. The van der Waals surface area contributed by atoms with Crippen molar-refractivity contribution in [2.24, 2.45) is 5.73 Å². The molecule has 0 bridgehead atoms. The Hall–Kier alpha value is -0.610.